The van der Waals surface area contributed by atoms with Gasteiger partial charge in [0.25, 0.3) is 0 Å². The van der Waals surface area contributed by atoms with Crippen LogP contribution in [-0.4, -0.2) is 58.7 Å². The molecule has 0 aromatic carbocycles. The van der Waals surface area contributed by atoms with Gasteiger partial charge in [-0.3, -0.25) is 0 Å². The van der Waals surface area contributed by atoms with Gasteiger partial charge in [-0.25, -0.2) is 8.42 Å². The number of sulfone groups is 1. The van der Waals surface area contributed by atoms with Crippen LogP contribution in [0.1, 0.15) is 13.8 Å². The van der Waals surface area contributed by atoms with Gasteiger partial charge in [0.05, 0.1) is 22.9 Å². The predicted molar refractivity (Wildman–Crippen MR) is 71.6 cm³/mol. The third-order valence-electron chi connectivity index (χ3n) is 2.55. The van der Waals surface area contributed by atoms with Gasteiger partial charge in [-0.1, -0.05) is 24.0 Å². The summed E-state index contributed by atoms with van der Waals surface area (Å²) >= 11 is 6.52. The van der Waals surface area contributed by atoms with Crippen molar-refractivity contribution >= 4 is 38.1 Å². The van der Waals surface area contributed by atoms with E-state index in [0.29, 0.717) is 4.32 Å². The summed E-state index contributed by atoms with van der Waals surface area (Å²) < 4.78 is 23.3. The fraction of sp³-hybridized carbons (Fsp3) is 0.889. The zero-order chi connectivity index (χ0) is 12.3. The Labute approximate surface area is 106 Å². The first kappa shape index (κ1) is 14.2. The van der Waals surface area contributed by atoms with Crippen LogP contribution in [0.4, 0.5) is 0 Å². The first-order valence-corrected chi connectivity index (χ1v) is 8.34. The largest absolute Gasteiger partial charge is 0.391 e. The molecule has 0 bridgehead atoms. The second-order valence-corrected chi connectivity index (χ2v) is 7.77. The van der Waals surface area contributed by atoms with Crippen LogP contribution in [-0.2, 0) is 9.84 Å². The van der Waals surface area contributed by atoms with Crippen LogP contribution in [0.5, 0.6) is 0 Å². The Kier molecular flexibility index (Phi) is 5.03. The van der Waals surface area contributed by atoms with Gasteiger partial charge >= 0.3 is 0 Å². The Balaban J connectivity index is 2.59. The average Bonchev–Trinajstić information content (AvgIpc) is 2.41. The Morgan fingerprint density at radius 1 is 1.44 bits per heavy atom. The molecule has 1 aliphatic heterocycles. The average molecular weight is 283 g/mol. The zero-order valence-corrected chi connectivity index (χ0v) is 11.9. The lowest BCUT2D eigenvalue weighted by Gasteiger charge is -2.23. The molecule has 2 unspecified atom stereocenters. The molecule has 1 rings (SSSR count). The second kappa shape index (κ2) is 5.66. The third-order valence-corrected chi connectivity index (χ3v) is 6.26. The molecule has 0 spiro atoms. The summed E-state index contributed by atoms with van der Waals surface area (Å²) in [5, 5.41) is 9.32. The molecule has 0 aromatic rings. The Hall–Kier alpha value is 0.150. The zero-order valence-electron chi connectivity index (χ0n) is 9.42. The van der Waals surface area contributed by atoms with E-state index in [9.17, 15) is 13.5 Å². The van der Waals surface area contributed by atoms with E-state index in [4.69, 9.17) is 12.2 Å². The standard InChI is InChI=1S/C9H17NO3S3/c1-3-10(4-2)9(14)15-8-6-16(12,13)5-7(8)11/h7-8,11H,3-6H2,1-2H3. The molecule has 0 saturated carbocycles. The van der Waals surface area contributed by atoms with Crippen molar-refractivity contribution in [3.8, 4) is 0 Å². The minimum Gasteiger partial charge on any atom is -0.391 e. The smallest absolute Gasteiger partial charge is 0.154 e. The summed E-state index contributed by atoms with van der Waals surface area (Å²) in [5.74, 6) is -0.105. The first-order chi connectivity index (χ1) is 7.39. The molecule has 0 aliphatic carbocycles. The van der Waals surface area contributed by atoms with Gasteiger partial charge in [-0.05, 0) is 13.8 Å². The van der Waals surface area contributed by atoms with Crippen molar-refractivity contribution in [2.24, 2.45) is 0 Å². The van der Waals surface area contributed by atoms with Crippen molar-refractivity contribution in [1.82, 2.24) is 4.90 Å². The maximum absolute atomic E-state index is 11.3. The number of aliphatic hydroxyl groups excluding tert-OH is 1. The number of aliphatic hydroxyl groups is 1. The Morgan fingerprint density at radius 2 is 2.00 bits per heavy atom. The number of rotatable bonds is 3. The van der Waals surface area contributed by atoms with E-state index >= 15 is 0 Å². The lowest BCUT2D eigenvalue weighted by molar-refractivity contribution is 0.208. The highest BCUT2D eigenvalue weighted by Crippen LogP contribution is 2.27. The molecule has 7 heteroatoms. The molecule has 1 N–H and O–H groups in total. The molecule has 1 fully saturated rings. The highest BCUT2D eigenvalue weighted by molar-refractivity contribution is 8.23. The van der Waals surface area contributed by atoms with Crippen LogP contribution in [0.3, 0.4) is 0 Å². The highest BCUT2D eigenvalue weighted by atomic mass is 32.2. The molecular weight excluding hydrogens is 266 g/mol. The normalized spacial score (nSPS) is 27.9. The molecule has 1 heterocycles. The van der Waals surface area contributed by atoms with Gasteiger partial charge in [0.15, 0.2) is 9.84 Å². The SMILES string of the molecule is CCN(CC)C(=S)SC1CS(=O)(=O)CC1O. The minimum atomic E-state index is -3.08. The lowest BCUT2D eigenvalue weighted by atomic mass is 10.3. The van der Waals surface area contributed by atoms with Crippen molar-refractivity contribution in [3.05, 3.63) is 0 Å². The van der Waals surface area contributed by atoms with Gasteiger partial charge < -0.3 is 10.0 Å². The molecule has 1 saturated heterocycles. The molecular formula is C9H17NO3S3. The predicted octanol–water partition coefficient (Wildman–Crippen LogP) is 0.504. The molecule has 0 aromatic heterocycles. The van der Waals surface area contributed by atoms with Crippen LogP contribution >= 0.6 is 24.0 Å². The molecule has 0 amide bonds. The quantitative estimate of drug-likeness (QED) is 0.762. The van der Waals surface area contributed by atoms with E-state index in [-0.39, 0.29) is 16.8 Å². The van der Waals surface area contributed by atoms with Crippen molar-refractivity contribution < 1.29 is 13.5 Å². The van der Waals surface area contributed by atoms with Gasteiger partial charge in [-0.2, -0.15) is 0 Å². The Bertz CT molecular complexity index is 351. The van der Waals surface area contributed by atoms with E-state index in [0.717, 1.165) is 13.1 Å². The van der Waals surface area contributed by atoms with E-state index in [2.05, 4.69) is 0 Å². The topological polar surface area (TPSA) is 57.6 Å². The van der Waals surface area contributed by atoms with E-state index < -0.39 is 15.9 Å². The number of hydrogen-bond donors (Lipinski definition) is 1. The lowest BCUT2D eigenvalue weighted by Crippen LogP contribution is -2.31. The summed E-state index contributed by atoms with van der Waals surface area (Å²) in [5.41, 5.74) is 0. The van der Waals surface area contributed by atoms with Gasteiger partial charge in [0.1, 0.15) is 4.32 Å². The fourth-order valence-electron chi connectivity index (χ4n) is 1.60. The van der Waals surface area contributed by atoms with Crippen LogP contribution in [0.2, 0.25) is 0 Å². The monoisotopic (exact) mass is 283 g/mol. The van der Waals surface area contributed by atoms with Crippen molar-refractivity contribution in [2.75, 3.05) is 24.6 Å². The number of thioether (sulfide) groups is 1. The van der Waals surface area contributed by atoms with Gasteiger partial charge in [0.2, 0.25) is 0 Å². The highest BCUT2D eigenvalue weighted by Gasteiger charge is 2.37. The number of nitrogens with zero attached hydrogens (tertiary/aromatic N) is 1. The maximum atomic E-state index is 11.3. The van der Waals surface area contributed by atoms with Gasteiger partial charge in [0, 0.05) is 13.1 Å². The summed E-state index contributed by atoms with van der Waals surface area (Å²) in [6.45, 7) is 5.60. The fourth-order valence-corrected chi connectivity index (χ4v) is 5.77. The van der Waals surface area contributed by atoms with E-state index in [1.54, 1.807) is 0 Å². The summed E-state index contributed by atoms with van der Waals surface area (Å²) in [7, 11) is -3.08. The summed E-state index contributed by atoms with van der Waals surface area (Å²) in [6, 6.07) is 0. The molecule has 2 atom stereocenters. The third kappa shape index (κ3) is 3.58. The number of hydrogen-bond acceptors (Lipinski definition) is 5. The van der Waals surface area contributed by atoms with Gasteiger partial charge in [-0.15, -0.1) is 0 Å². The molecule has 1 aliphatic rings. The van der Waals surface area contributed by atoms with Crippen molar-refractivity contribution in [1.29, 1.82) is 0 Å². The van der Waals surface area contributed by atoms with Crippen LogP contribution in [0.15, 0.2) is 0 Å². The minimum absolute atomic E-state index is 0.0280. The maximum Gasteiger partial charge on any atom is 0.154 e. The summed E-state index contributed by atoms with van der Waals surface area (Å²) in [6.07, 6.45) is -0.788. The van der Waals surface area contributed by atoms with Crippen LogP contribution in [0.25, 0.3) is 0 Å². The van der Waals surface area contributed by atoms with Crippen molar-refractivity contribution in [2.45, 2.75) is 25.2 Å². The van der Waals surface area contributed by atoms with Crippen molar-refractivity contribution in [3.63, 3.8) is 0 Å². The molecule has 94 valence electrons. The molecule has 0 radical (unpaired) electrons. The van der Waals surface area contributed by atoms with E-state index in [1.165, 1.54) is 11.8 Å². The second-order valence-electron chi connectivity index (χ2n) is 3.74. The first-order valence-electron chi connectivity index (χ1n) is 5.23. The Morgan fingerprint density at radius 3 is 2.38 bits per heavy atom. The summed E-state index contributed by atoms with van der Waals surface area (Å²) in [4.78, 5) is 1.98. The van der Waals surface area contributed by atoms with Crippen LogP contribution in [0, 0.1) is 0 Å². The number of thiocarbonyl (C=S) groups is 1. The molecule has 4 nitrogen and oxygen atoms in total. The molecule has 16 heavy (non-hydrogen) atoms. The van der Waals surface area contributed by atoms with Crippen LogP contribution < -0.4 is 0 Å². The van der Waals surface area contributed by atoms with E-state index in [1.807, 2.05) is 18.7 Å².